The van der Waals surface area contributed by atoms with Crippen LogP contribution in [-0.4, -0.2) is 40.2 Å². The first-order chi connectivity index (χ1) is 16.5. The summed E-state index contributed by atoms with van der Waals surface area (Å²) < 4.78 is 5.01. The highest BCUT2D eigenvalue weighted by Gasteiger charge is 2.46. The van der Waals surface area contributed by atoms with E-state index in [1.54, 1.807) is 30.3 Å². The van der Waals surface area contributed by atoms with Crippen molar-refractivity contribution in [2.75, 3.05) is 6.61 Å². The van der Waals surface area contributed by atoms with E-state index in [0.29, 0.717) is 12.0 Å². The second-order valence-corrected chi connectivity index (χ2v) is 8.65. The van der Waals surface area contributed by atoms with Crippen LogP contribution in [0.1, 0.15) is 89.5 Å². The van der Waals surface area contributed by atoms with Gasteiger partial charge in [-0.05, 0) is 24.5 Å². The van der Waals surface area contributed by atoms with E-state index in [1.807, 2.05) is 11.4 Å². The fourth-order valence-electron chi connectivity index (χ4n) is 3.60. The van der Waals surface area contributed by atoms with Crippen molar-refractivity contribution in [3.05, 3.63) is 48.0 Å². The molecule has 3 N–H and O–H groups in total. The lowest BCUT2D eigenvalue weighted by Crippen LogP contribution is -2.62. The molecule has 0 saturated heterocycles. The summed E-state index contributed by atoms with van der Waals surface area (Å²) in [6.45, 7) is 1.06. The van der Waals surface area contributed by atoms with Crippen molar-refractivity contribution >= 4 is 17.8 Å². The van der Waals surface area contributed by atoms with Crippen molar-refractivity contribution in [3.8, 4) is 0 Å². The number of hydrogen-bond acceptors (Lipinski definition) is 5. The Hall–Kier alpha value is -2.67. The van der Waals surface area contributed by atoms with E-state index in [9.17, 15) is 24.6 Å². The minimum absolute atomic E-state index is 0.0866. The first-order valence-corrected chi connectivity index (χ1v) is 12.5. The molecule has 1 rings (SSSR count). The Morgan fingerprint density at radius 2 is 1.47 bits per heavy atom. The number of carbonyl (C=O) groups excluding carboxylic acids is 2. The number of hydrogen-bond donors (Lipinski definition) is 3. The first kappa shape index (κ1) is 29.4. The van der Waals surface area contributed by atoms with Crippen molar-refractivity contribution in [2.24, 2.45) is 0 Å². The Morgan fingerprint density at radius 3 is 2.00 bits per heavy atom. The number of ketones is 1. The minimum Gasteiger partial charge on any atom is -0.479 e. The maximum Gasteiger partial charge on any atom is 0.408 e. The van der Waals surface area contributed by atoms with Crippen LogP contribution in [0.3, 0.4) is 0 Å². The maximum atomic E-state index is 12.6. The molecule has 7 nitrogen and oxygen atoms in total. The number of alkyl carbamates (subject to hydrolysis) is 1. The Kier molecular flexibility index (Phi) is 15.3. The van der Waals surface area contributed by atoms with Gasteiger partial charge in [-0.3, -0.25) is 10.1 Å². The molecule has 34 heavy (non-hydrogen) atoms. The van der Waals surface area contributed by atoms with Gasteiger partial charge >= 0.3 is 12.1 Å². The van der Waals surface area contributed by atoms with Gasteiger partial charge < -0.3 is 14.9 Å². The van der Waals surface area contributed by atoms with Crippen molar-refractivity contribution in [1.82, 2.24) is 5.32 Å². The molecule has 0 heterocycles. The lowest BCUT2D eigenvalue weighted by Gasteiger charge is -2.25. The number of benzene rings is 1. The summed E-state index contributed by atoms with van der Waals surface area (Å²) in [7, 11) is 0. The SMILES string of the molecule is CCCCCCCCCCCCC/C=C/C(=O)C(CO)(NC(=O)OCc1ccccc1)C(=O)O. The third kappa shape index (κ3) is 11.5. The molecule has 1 atom stereocenters. The largest absolute Gasteiger partial charge is 0.479 e. The number of carboxylic acids is 1. The molecule has 0 bridgehead atoms. The molecular weight excluding hydrogens is 434 g/mol. The van der Waals surface area contributed by atoms with Crippen LogP contribution in [-0.2, 0) is 20.9 Å². The van der Waals surface area contributed by atoms with Gasteiger partial charge in [0.25, 0.3) is 0 Å². The van der Waals surface area contributed by atoms with Crippen molar-refractivity contribution in [3.63, 3.8) is 0 Å². The minimum atomic E-state index is -2.47. The number of ether oxygens (including phenoxy) is 1. The average Bonchev–Trinajstić information content (AvgIpc) is 2.84. The number of aliphatic carboxylic acids is 1. The first-order valence-electron chi connectivity index (χ1n) is 12.5. The maximum absolute atomic E-state index is 12.6. The second-order valence-electron chi connectivity index (χ2n) is 8.65. The van der Waals surface area contributed by atoms with Gasteiger partial charge in [-0.2, -0.15) is 0 Å². The van der Waals surface area contributed by atoms with Crippen LogP contribution in [0.4, 0.5) is 4.79 Å². The summed E-state index contributed by atoms with van der Waals surface area (Å²) in [6.07, 6.45) is 15.7. The predicted molar refractivity (Wildman–Crippen MR) is 132 cm³/mol. The van der Waals surface area contributed by atoms with Crippen LogP contribution < -0.4 is 5.32 Å². The van der Waals surface area contributed by atoms with Crippen LogP contribution >= 0.6 is 0 Å². The summed E-state index contributed by atoms with van der Waals surface area (Å²) >= 11 is 0. The number of unbranched alkanes of at least 4 members (excludes halogenated alkanes) is 11. The molecule has 7 heteroatoms. The molecule has 190 valence electrons. The number of rotatable bonds is 19. The zero-order valence-corrected chi connectivity index (χ0v) is 20.5. The third-order valence-corrected chi connectivity index (χ3v) is 5.79. The number of aliphatic hydroxyl groups is 1. The number of amides is 1. The van der Waals surface area contributed by atoms with Gasteiger partial charge in [-0.1, -0.05) is 108 Å². The van der Waals surface area contributed by atoms with E-state index < -0.39 is 30.0 Å². The smallest absolute Gasteiger partial charge is 0.408 e. The quantitative estimate of drug-likeness (QED) is 0.137. The number of carboxylic acid groups (broad SMARTS) is 1. The van der Waals surface area contributed by atoms with E-state index in [4.69, 9.17) is 4.74 Å². The molecule has 1 aromatic rings. The zero-order valence-electron chi connectivity index (χ0n) is 20.5. The van der Waals surface area contributed by atoms with E-state index in [1.165, 1.54) is 51.4 Å². The van der Waals surface area contributed by atoms with Gasteiger partial charge in [0.2, 0.25) is 5.54 Å². The normalized spacial score (nSPS) is 12.9. The summed E-state index contributed by atoms with van der Waals surface area (Å²) in [5.74, 6) is -2.54. The molecular formula is C27H41NO6. The molecule has 0 aliphatic rings. The van der Waals surface area contributed by atoms with Gasteiger partial charge in [0.1, 0.15) is 6.61 Å². The number of aliphatic hydroxyl groups excluding tert-OH is 1. The van der Waals surface area contributed by atoms with Gasteiger partial charge in [0.15, 0.2) is 5.78 Å². The summed E-state index contributed by atoms with van der Waals surface area (Å²) in [4.78, 5) is 36.4. The zero-order chi connectivity index (χ0) is 25.1. The molecule has 0 aliphatic heterocycles. The van der Waals surface area contributed by atoms with E-state index in [0.717, 1.165) is 25.3 Å². The molecule has 1 amide bonds. The van der Waals surface area contributed by atoms with E-state index in [-0.39, 0.29) is 6.61 Å². The monoisotopic (exact) mass is 475 g/mol. The highest BCUT2D eigenvalue weighted by atomic mass is 16.5. The number of nitrogens with one attached hydrogen (secondary N) is 1. The van der Waals surface area contributed by atoms with E-state index in [2.05, 4.69) is 6.92 Å². The second kappa shape index (κ2) is 17.8. The molecule has 0 aromatic heterocycles. The van der Waals surface area contributed by atoms with Crippen LogP contribution in [0.25, 0.3) is 0 Å². The molecule has 0 spiro atoms. The third-order valence-electron chi connectivity index (χ3n) is 5.79. The van der Waals surface area contributed by atoms with Crippen molar-refractivity contribution in [2.45, 2.75) is 96.1 Å². The van der Waals surface area contributed by atoms with Crippen molar-refractivity contribution < 1.29 is 29.3 Å². The topological polar surface area (TPSA) is 113 Å². The number of allylic oxidation sites excluding steroid dienone is 1. The lowest BCUT2D eigenvalue weighted by atomic mass is 9.94. The Bertz CT molecular complexity index is 749. The predicted octanol–water partition coefficient (Wildman–Crippen LogP) is 5.55. The van der Waals surface area contributed by atoms with Crippen molar-refractivity contribution in [1.29, 1.82) is 0 Å². The summed E-state index contributed by atoms with van der Waals surface area (Å²) in [5.41, 5.74) is -1.76. The molecule has 0 saturated carbocycles. The Balaban J connectivity index is 2.35. The van der Waals surface area contributed by atoms with Gasteiger partial charge in [0, 0.05) is 0 Å². The molecule has 1 unspecified atom stereocenters. The average molecular weight is 476 g/mol. The van der Waals surface area contributed by atoms with Gasteiger partial charge in [-0.25, -0.2) is 9.59 Å². The Labute approximate surface area is 203 Å². The van der Waals surface area contributed by atoms with E-state index >= 15 is 0 Å². The fraction of sp³-hybridized carbons (Fsp3) is 0.593. The van der Waals surface area contributed by atoms with Crippen LogP contribution in [0, 0.1) is 0 Å². The number of carbonyl (C=O) groups is 3. The van der Waals surface area contributed by atoms with Gasteiger partial charge in [-0.15, -0.1) is 0 Å². The van der Waals surface area contributed by atoms with Crippen LogP contribution in [0.2, 0.25) is 0 Å². The molecule has 1 aromatic carbocycles. The van der Waals surface area contributed by atoms with Gasteiger partial charge in [0.05, 0.1) is 6.61 Å². The Morgan fingerprint density at radius 1 is 0.912 bits per heavy atom. The molecule has 0 radical (unpaired) electrons. The summed E-state index contributed by atoms with van der Waals surface area (Å²) in [5, 5.41) is 21.2. The summed E-state index contributed by atoms with van der Waals surface area (Å²) in [6, 6.07) is 8.84. The van der Waals surface area contributed by atoms with Crippen LogP contribution in [0.5, 0.6) is 0 Å². The van der Waals surface area contributed by atoms with Crippen LogP contribution in [0.15, 0.2) is 42.5 Å². The highest BCUT2D eigenvalue weighted by molar-refractivity contribution is 6.14. The molecule has 0 fully saturated rings. The standard InChI is InChI=1S/C27H41NO6/c1-2-3-4-5-6-7-8-9-10-11-12-13-17-20-24(30)27(22-29,25(31)32)28-26(33)34-21-23-18-15-14-16-19-23/h14-20,29H,2-13,21-22H2,1H3,(H,28,33)(H,31,32)/b20-17+. The lowest BCUT2D eigenvalue weighted by molar-refractivity contribution is -0.150. The highest BCUT2D eigenvalue weighted by Crippen LogP contribution is 2.13. The fourth-order valence-corrected chi connectivity index (χ4v) is 3.60. The molecule has 0 aliphatic carbocycles.